The van der Waals surface area contributed by atoms with Crippen LogP contribution in [0.4, 0.5) is 10.5 Å². The zero-order valence-corrected chi connectivity index (χ0v) is 24.5. The van der Waals surface area contributed by atoms with Gasteiger partial charge < -0.3 is 9.84 Å². The number of carboxylic acid groups (broad SMARTS) is 1. The molecule has 1 aliphatic heterocycles. The number of hydrogen-bond acceptors (Lipinski definition) is 4. The fraction of sp³-hybridized carbons (Fsp3) is 0.303. The molecule has 2 aliphatic carbocycles. The zero-order chi connectivity index (χ0) is 29.1. The summed E-state index contributed by atoms with van der Waals surface area (Å²) >= 11 is 12.7. The zero-order valence-electron chi connectivity index (χ0n) is 23.0. The van der Waals surface area contributed by atoms with Gasteiger partial charge in [0, 0.05) is 34.3 Å². The van der Waals surface area contributed by atoms with E-state index in [4.69, 9.17) is 27.9 Å². The van der Waals surface area contributed by atoms with Gasteiger partial charge in [-0.1, -0.05) is 47.5 Å². The van der Waals surface area contributed by atoms with E-state index in [1.54, 1.807) is 21.7 Å². The van der Waals surface area contributed by atoms with E-state index < -0.39 is 5.97 Å². The molecule has 3 aromatic carbocycles. The van der Waals surface area contributed by atoms with Gasteiger partial charge >= 0.3 is 12.1 Å². The van der Waals surface area contributed by atoms with Crippen molar-refractivity contribution in [1.82, 2.24) is 9.78 Å². The lowest BCUT2D eigenvalue weighted by molar-refractivity contribution is 0.0696. The van der Waals surface area contributed by atoms with Crippen LogP contribution in [0.2, 0.25) is 10.0 Å². The first kappa shape index (κ1) is 27.0. The van der Waals surface area contributed by atoms with Crippen molar-refractivity contribution in [2.24, 2.45) is 11.8 Å². The predicted molar refractivity (Wildman–Crippen MR) is 162 cm³/mol. The average Bonchev–Trinajstić information content (AvgIpc) is 3.89. The van der Waals surface area contributed by atoms with Crippen molar-refractivity contribution in [1.29, 1.82) is 0 Å². The van der Waals surface area contributed by atoms with Gasteiger partial charge in [-0.25, -0.2) is 9.59 Å². The minimum Gasteiger partial charge on any atom is -0.478 e. The Kier molecular flexibility index (Phi) is 6.75. The Morgan fingerprint density at radius 2 is 1.88 bits per heavy atom. The van der Waals surface area contributed by atoms with Gasteiger partial charge in [-0.2, -0.15) is 5.10 Å². The number of ether oxygens (including phenoxy) is 1. The molecular formula is C33H29Cl2N3O4. The van der Waals surface area contributed by atoms with Gasteiger partial charge in [-0.15, -0.1) is 0 Å². The van der Waals surface area contributed by atoms with Crippen molar-refractivity contribution in [3.63, 3.8) is 0 Å². The summed E-state index contributed by atoms with van der Waals surface area (Å²) in [4.78, 5) is 26.6. The fourth-order valence-electron chi connectivity index (χ4n) is 6.43. The Morgan fingerprint density at radius 3 is 2.71 bits per heavy atom. The molecule has 2 fully saturated rings. The number of anilines is 1. The molecular weight excluding hydrogens is 573 g/mol. The summed E-state index contributed by atoms with van der Waals surface area (Å²) in [6, 6.07) is 16.7. The van der Waals surface area contributed by atoms with Crippen molar-refractivity contribution >= 4 is 41.0 Å². The standard InChI is InChI=1S/C33H29Cl2N3O4/c1-18-24(4-2-6-28(18)34)26-12-22(26)17-42-33(41)38-16-20-11-27(20)31-25(5-3-7-30(31)38)23-13-36-37(15-23)14-21-10-19(32(39)40)8-9-29(21)35/h2-10,13,15,20,22,26-27H,11-12,14,16-17H2,1H3,(H,39,40). The van der Waals surface area contributed by atoms with Gasteiger partial charge in [0.25, 0.3) is 0 Å². The second-order valence-electron chi connectivity index (χ2n) is 11.6. The van der Waals surface area contributed by atoms with Crippen LogP contribution in [0.5, 0.6) is 0 Å². The monoisotopic (exact) mass is 601 g/mol. The molecule has 42 heavy (non-hydrogen) atoms. The molecule has 2 heterocycles. The summed E-state index contributed by atoms with van der Waals surface area (Å²) in [5.74, 6) is 0.513. The highest BCUT2D eigenvalue weighted by molar-refractivity contribution is 6.31. The molecule has 4 unspecified atom stereocenters. The number of halogens is 2. The Labute approximate surface area is 253 Å². The van der Waals surface area contributed by atoms with E-state index >= 15 is 0 Å². The molecule has 1 amide bonds. The molecule has 1 aromatic heterocycles. The van der Waals surface area contributed by atoms with Crippen LogP contribution in [0.25, 0.3) is 11.1 Å². The van der Waals surface area contributed by atoms with Crippen LogP contribution in [0.15, 0.2) is 67.0 Å². The third kappa shape index (κ3) is 4.95. The van der Waals surface area contributed by atoms with Crippen LogP contribution >= 0.6 is 23.2 Å². The van der Waals surface area contributed by atoms with Crippen molar-refractivity contribution < 1.29 is 19.4 Å². The summed E-state index contributed by atoms with van der Waals surface area (Å²) in [7, 11) is 0. The van der Waals surface area contributed by atoms with Crippen LogP contribution in [0, 0.1) is 18.8 Å². The summed E-state index contributed by atoms with van der Waals surface area (Å²) in [6.07, 6.45) is 5.49. The number of hydrogen-bond donors (Lipinski definition) is 1. The molecule has 1 N–H and O–H groups in total. The average molecular weight is 603 g/mol. The van der Waals surface area contributed by atoms with Crippen molar-refractivity contribution in [3.8, 4) is 11.1 Å². The molecule has 2 saturated carbocycles. The van der Waals surface area contributed by atoms with E-state index in [9.17, 15) is 14.7 Å². The molecule has 0 radical (unpaired) electrons. The summed E-state index contributed by atoms with van der Waals surface area (Å²) < 4.78 is 7.65. The number of amides is 1. The van der Waals surface area contributed by atoms with Gasteiger partial charge in [-0.3, -0.25) is 9.58 Å². The highest BCUT2D eigenvalue weighted by Crippen LogP contribution is 2.57. The maximum atomic E-state index is 13.4. The Morgan fingerprint density at radius 1 is 1.05 bits per heavy atom. The topological polar surface area (TPSA) is 84.7 Å². The molecule has 0 bridgehead atoms. The lowest BCUT2D eigenvalue weighted by Crippen LogP contribution is -2.36. The second-order valence-corrected chi connectivity index (χ2v) is 12.4. The first-order chi connectivity index (χ1) is 20.3. The Bertz CT molecular complexity index is 1730. The lowest BCUT2D eigenvalue weighted by atomic mass is 9.93. The third-order valence-electron chi connectivity index (χ3n) is 8.93. The van der Waals surface area contributed by atoms with Gasteiger partial charge in [0.15, 0.2) is 0 Å². The van der Waals surface area contributed by atoms with E-state index in [0.29, 0.717) is 54.0 Å². The number of nitrogens with zero attached hydrogens (tertiary/aromatic N) is 3. The number of rotatable bonds is 7. The molecule has 9 heteroatoms. The van der Waals surface area contributed by atoms with E-state index in [-0.39, 0.29) is 11.7 Å². The number of carbonyl (C=O) groups excluding carboxylic acids is 1. The number of carbonyl (C=O) groups is 2. The molecule has 7 nitrogen and oxygen atoms in total. The third-order valence-corrected chi connectivity index (χ3v) is 9.70. The number of carboxylic acids is 1. The largest absolute Gasteiger partial charge is 0.478 e. The van der Waals surface area contributed by atoms with E-state index in [1.165, 1.54) is 11.6 Å². The molecule has 3 aliphatic rings. The van der Waals surface area contributed by atoms with Crippen LogP contribution < -0.4 is 4.90 Å². The van der Waals surface area contributed by atoms with Gasteiger partial charge in [0.05, 0.1) is 30.6 Å². The predicted octanol–water partition coefficient (Wildman–Crippen LogP) is 7.78. The summed E-state index contributed by atoms with van der Waals surface area (Å²) in [5.41, 5.74) is 7.27. The normalized spacial score (nSPS) is 21.8. The van der Waals surface area contributed by atoms with E-state index in [0.717, 1.165) is 45.8 Å². The Balaban J connectivity index is 1.08. The SMILES string of the molecule is Cc1c(Cl)cccc1C1CC1COC(=O)N1CC2CC2c2c(-c3cnn(Cc4cc(C(=O)O)ccc4Cl)c3)cccc21. The van der Waals surface area contributed by atoms with E-state index in [2.05, 4.69) is 17.2 Å². The molecule has 214 valence electrons. The van der Waals surface area contributed by atoms with Crippen molar-refractivity contribution in [3.05, 3.63) is 105 Å². The van der Waals surface area contributed by atoms with Gasteiger partial charge in [-0.05, 0) is 95.7 Å². The molecule has 4 aromatic rings. The first-order valence-electron chi connectivity index (χ1n) is 14.1. The number of benzene rings is 3. The number of aromatic nitrogens is 2. The van der Waals surface area contributed by atoms with Crippen LogP contribution in [0.3, 0.4) is 0 Å². The summed E-state index contributed by atoms with van der Waals surface area (Å²) in [6.45, 7) is 3.45. The van der Waals surface area contributed by atoms with Crippen LogP contribution in [-0.2, 0) is 11.3 Å². The maximum absolute atomic E-state index is 13.4. The minimum absolute atomic E-state index is 0.183. The Hall–Kier alpha value is -3.81. The molecule has 0 saturated heterocycles. The number of aromatic carboxylic acids is 1. The van der Waals surface area contributed by atoms with Gasteiger partial charge in [0.2, 0.25) is 0 Å². The minimum atomic E-state index is -1.000. The fourth-order valence-corrected chi connectivity index (χ4v) is 6.79. The van der Waals surface area contributed by atoms with Crippen LogP contribution in [-0.4, -0.2) is 40.1 Å². The molecule has 7 rings (SSSR count). The van der Waals surface area contributed by atoms with Gasteiger partial charge in [0.1, 0.15) is 0 Å². The summed E-state index contributed by atoms with van der Waals surface area (Å²) in [5, 5.41) is 15.2. The first-order valence-corrected chi connectivity index (χ1v) is 14.9. The quantitative estimate of drug-likeness (QED) is 0.234. The molecule has 4 atom stereocenters. The maximum Gasteiger partial charge on any atom is 0.414 e. The van der Waals surface area contributed by atoms with E-state index in [1.807, 2.05) is 43.6 Å². The van der Waals surface area contributed by atoms with Crippen molar-refractivity contribution in [2.45, 2.75) is 38.1 Å². The van der Waals surface area contributed by atoms with Crippen LogP contribution in [0.1, 0.15) is 57.3 Å². The highest BCUT2D eigenvalue weighted by atomic mass is 35.5. The highest BCUT2D eigenvalue weighted by Gasteiger charge is 2.48. The van der Waals surface area contributed by atoms with Crippen molar-refractivity contribution in [2.75, 3.05) is 18.1 Å². The smallest absolute Gasteiger partial charge is 0.414 e. The lowest BCUT2D eigenvalue weighted by Gasteiger charge is -2.29. The molecule has 0 spiro atoms. The second kappa shape index (κ2) is 10.5. The number of fused-ring (bicyclic) bond motifs is 3.